The van der Waals surface area contributed by atoms with E-state index >= 15 is 0 Å². The van der Waals surface area contributed by atoms with Gasteiger partial charge in [0.1, 0.15) is 5.69 Å². The number of benzene rings is 1. The summed E-state index contributed by atoms with van der Waals surface area (Å²) in [5.74, 6) is -0.347. The van der Waals surface area contributed by atoms with E-state index in [1.54, 1.807) is 24.5 Å². The number of nitrogens with zero attached hydrogens (tertiary/aromatic N) is 2. The lowest BCUT2D eigenvalue weighted by molar-refractivity contribution is 0.0946. The van der Waals surface area contributed by atoms with Gasteiger partial charge in [0.15, 0.2) is 0 Å². The van der Waals surface area contributed by atoms with Gasteiger partial charge in [-0.05, 0) is 41.3 Å². The standard InChI is InChI=1S/C22H22N4O2/c1-15(2)18-7-3-4-8-19(18)26-21(27)17-9-11-24-20(12-17)22(28)25-14-16-6-5-10-23-13-16/h3-13,15H,14H2,1-2H3,(H,25,28)(H,26,27). The molecule has 142 valence electrons. The third-order valence-electron chi connectivity index (χ3n) is 4.26. The quantitative estimate of drug-likeness (QED) is 0.688. The van der Waals surface area contributed by atoms with Crippen molar-refractivity contribution < 1.29 is 9.59 Å². The molecule has 3 rings (SSSR count). The van der Waals surface area contributed by atoms with E-state index < -0.39 is 0 Å². The highest BCUT2D eigenvalue weighted by atomic mass is 16.2. The molecule has 28 heavy (non-hydrogen) atoms. The van der Waals surface area contributed by atoms with Crippen LogP contribution in [0.15, 0.2) is 67.1 Å². The van der Waals surface area contributed by atoms with E-state index in [9.17, 15) is 9.59 Å². The van der Waals surface area contributed by atoms with Gasteiger partial charge in [0.05, 0.1) is 0 Å². The van der Waals surface area contributed by atoms with Crippen LogP contribution in [0.25, 0.3) is 0 Å². The van der Waals surface area contributed by atoms with E-state index in [0.29, 0.717) is 12.1 Å². The van der Waals surface area contributed by atoms with Crippen molar-refractivity contribution in [3.05, 3.63) is 89.5 Å². The van der Waals surface area contributed by atoms with Crippen LogP contribution in [-0.4, -0.2) is 21.8 Å². The number of pyridine rings is 2. The van der Waals surface area contributed by atoms with Gasteiger partial charge in [-0.3, -0.25) is 19.6 Å². The molecule has 2 heterocycles. The summed E-state index contributed by atoms with van der Waals surface area (Å²) in [5.41, 5.74) is 3.27. The number of aromatic nitrogens is 2. The highest BCUT2D eigenvalue weighted by molar-refractivity contribution is 6.06. The molecule has 0 saturated carbocycles. The molecule has 2 amide bonds. The second kappa shape index (κ2) is 8.90. The largest absolute Gasteiger partial charge is 0.347 e. The van der Waals surface area contributed by atoms with Crippen molar-refractivity contribution in [2.75, 3.05) is 5.32 Å². The minimum absolute atomic E-state index is 0.189. The Labute approximate surface area is 164 Å². The van der Waals surface area contributed by atoms with Gasteiger partial charge in [0, 0.05) is 36.4 Å². The van der Waals surface area contributed by atoms with E-state index in [4.69, 9.17) is 0 Å². The van der Waals surface area contributed by atoms with Gasteiger partial charge in [-0.15, -0.1) is 0 Å². The van der Waals surface area contributed by atoms with Gasteiger partial charge in [-0.2, -0.15) is 0 Å². The summed E-state index contributed by atoms with van der Waals surface area (Å²) in [7, 11) is 0. The van der Waals surface area contributed by atoms with Gasteiger partial charge in [0.2, 0.25) is 0 Å². The molecular weight excluding hydrogens is 352 g/mol. The van der Waals surface area contributed by atoms with Crippen LogP contribution in [0.2, 0.25) is 0 Å². The maximum absolute atomic E-state index is 12.7. The van der Waals surface area contributed by atoms with Crippen LogP contribution in [0, 0.1) is 0 Å². The molecule has 0 radical (unpaired) electrons. The van der Waals surface area contributed by atoms with Crippen LogP contribution in [0.3, 0.4) is 0 Å². The SMILES string of the molecule is CC(C)c1ccccc1NC(=O)c1ccnc(C(=O)NCc2cccnc2)c1. The Balaban J connectivity index is 1.70. The van der Waals surface area contributed by atoms with E-state index in [0.717, 1.165) is 16.8 Å². The number of hydrogen-bond donors (Lipinski definition) is 2. The Morgan fingerprint density at radius 2 is 1.82 bits per heavy atom. The predicted octanol–water partition coefficient (Wildman–Crippen LogP) is 3.78. The van der Waals surface area contributed by atoms with E-state index in [-0.39, 0.29) is 23.4 Å². The number of carbonyl (C=O) groups is 2. The van der Waals surface area contributed by atoms with Crippen LogP contribution in [-0.2, 0) is 6.54 Å². The summed E-state index contributed by atoms with van der Waals surface area (Å²) in [6.07, 6.45) is 4.82. The zero-order chi connectivity index (χ0) is 19.9. The normalized spacial score (nSPS) is 10.5. The van der Waals surface area contributed by atoms with Crippen LogP contribution in [0.4, 0.5) is 5.69 Å². The van der Waals surface area contributed by atoms with Crippen molar-refractivity contribution in [1.29, 1.82) is 0 Å². The molecule has 2 aromatic heterocycles. The van der Waals surface area contributed by atoms with Crippen LogP contribution in [0.5, 0.6) is 0 Å². The molecule has 0 aliphatic carbocycles. The Morgan fingerprint density at radius 3 is 2.57 bits per heavy atom. The zero-order valence-electron chi connectivity index (χ0n) is 15.8. The highest BCUT2D eigenvalue weighted by Crippen LogP contribution is 2.24. The number of nitrogens with one attached hydrogen (secondary N) is 2. The zero-order valence-corrected chi connectivity index (χ0v) is 15.8. The number of anilines is 1. The molecule has 0 saturated heterocycles. The van der Waals surface area contributed by atoms with E-state index in [1.165, 1.54) is 12.3 Å². The van der Waals surface area contributed by atoms with Crippen molar-refractivity contribution in [3.8, 4) is 0 Å². The molecule has 0 atom stereocenters. The fourth-order valence-electron chi connectivity index (χ4n) is 2.78. The Morgan fingerprint density at radius 1 is 1.00 bits per heavy atom. The predicted molar refractivity (Wildman–Crippen MR) is 108 cm³/mol. The summed E-state index contributed by atoms with van der Waals surface area (Å²) >= 11 is 0. The van der Waals surface area contributed by atoms with Crippen LogP contribution >= 0.6 is 0 Å². The molecule has 1 aromatic carbocycles. The summed E-state index contributed by atoms with van der Waals surface area (Å²) in [6, 6.07) is 14.4. The molecule has 0 fully saturated rings. The molecule has 0 bridgehead atoms. The topological polar surface area (TPSA) is 84.0 Å². The lowest BCUT2D eigenvalue weighted by Gasteiger charge is -2.13. The first-order chi connectivity index (χ1) is 13.5. The monoisotopic (exact) mass is 374 g/mol. The lowest BCUT2D eigenvalue weighted by Crippen LogP contribution is -2.24. The molecule has 6 heteroatoms. The number of para-hydroxylation sites is 1. The van der Waals surface area contributed by atoms with Crippen molar-refractivity contribution in [1.82, 2.24) is 15.3 Å². The van der Waals surface area contributed by atoms with Gasteiger partial charge >= 0.3 is 0 Å². The third-order valence-corrected chi connectivity index (χ3v) is 4.26. The highest BCUT2D eigenvalue weighted by Gasteiger charge is 2.14. The smallest absolute Gasteiger partial charge is 0.270 e. The number of carbonyl (C=O) groups excluding carboxylic acids is 2. The molecule has 6 nitrogen and oxygen atoms in total. The van der Waals surface area contributed by atoms with Gasteiger partial charge in [0.25, 0.3) is 11.8 Å². The number of amides is 2. The first-order valence-corrected chi connectivity index (χ1v) is 9.08. The first-order valence-electron chi connectivity index (χ1n) is 9.08. The number of rotatable bonds is 6. The van der Waals surface area contributed by atoms with Gasteiger partial charge in [-0.1, -0.05) is 38.1 Å². The minimum atomic E-state index is -0.346. The molecular formula is C22H22N4O2. The van der Waals surface area contributed by atoms with E-state index in [2.05, 4.69) is 34.4 Å². The summed E-state index contributed by atoms with van der Waals surface area (Å²) in [6.45, 7) is 4.48. The van der Waals surface area contributed by atoms with Crippen molar-refractivity contribution in [2.24, 2.45) is 0 Å². The molecule has 0 aliphatic rings. The van der Waals surface area contributed by atoms with Gasteiger partial charge < -0.3 is 10.6 Å². The minimum Gasteiger partial charge on any atom is -0.347 e. The average Bonchev–Trinajstić information content (AvgIpc) is 2.73. The lowest BCUT2D eigenvalue weighted by atomic mass is 10.0. The molecule has 0 aliphatic heterocycles. The Bertz CT molecular complexity index is 971. The first kappa shape index (κ1) is 19.2. The fraction of sp³-hybridized carbons (Fsp3) is 0.182. The van der Waals surface area contributed by atoms with Gasteiger partial charge in [-0.25, -0.2) is 0 Å². The van der Waals surface area contributed by atoms with Crippen molar-refractivity contribution in [3.63, 3.8) is 0 Å². The second-order valence-electron chi connectivity index (χ2n) is 6.67. The Hall–Kier alpha value is -3.54. The summed E-state index contributed by atoms with van der Waals surface area (Å²) < 4.78 is 0. The third kappa shape index (κ3) is 4.79. The van der Waals surface area contributed by atoms with E-state index in [1.807, 2.05) is 30.3 Å². The Kier molecular flexibility index (Phi) is 6.11. The maximum atomic E-state index is 12.7. The molecule has 0 unspecified atom stereocenters. The molecule has 0 spiro atoms. The second-order valence-corrected chi connectivity index (χ2v) is 6.67. The van der Waals surface area contributed by atoms with Crippen LogP contribution < -0.4 is 10.6 Å². The summed E-state index contributed by atoms with van der Waals surface area (Å²) in [4.78, 5) is 33.1. The molecule has 2 N–H and O–H groups in total. The average molecular weight is 374 g/mol. The molecule has 3 aromatic rings. The number of hydrogen-bond acceptors (Lipinski definition) is 4. The fourth-order valence-corrected chi connectivity index (χ4v) is 2.78. The van der Waals surface area contributed by atoms with Crippen LogP contribution in [0.1, 0.15) is 51.7 Å². The maximum Gasteiger partial charge on any atom is 0.270 e. The van der Waals surface area contributed by atoms with Crippen molar-refractivity contribution >= 4 is 17.5 Å². The summed E-state index contributed by atoms with van der Waals surface area (Å²) in [5, 5.41) is 5.71. The van der Waals surface area contributed by atoms with Crippen molar-refractivity contribution in [2.45, 2.75) is 26.3 Å².